The third-order valence-corrected chi connectivity index (χ3v) is 3.49. The van der Waals surface area contributed by atoms with Crippen LogP contribution in [0.25, 0.3) is 0 Å². The van der Waals surface area contributed by atoms with Crippen molar-refractivity contribution in [3.8, 4) is 0 Å². The van der Waals surface area contributed by atoms with Crippen LogP contribution in [0.4, 0.5) is 10.1 Å². The molecular weight excluding hydrogens is 349 g/mol. The molecule has 0 spiro atoms. The SMILES string of the molecule is Fc1cccc(CNc2cc(Br)ccc2Br)c1. The Morgan fingerprint density at radius 1 is 1.06 bits per heavy atom. The molecule has 0 unspecified atom stereocenters. The molecule has 1 nitrogen and oxygen atoms in total. The quantitative estimate of drug-likeness (QED) is 0.817. The van der Waals surface area contributed by atoms with Gasteiger partial charge in [0, 0.05) is 21.2 Å². The van der Waals surface area contributed by atoms with E-state index in [1.54, 1.807) is 6.07 Å². The number of rotatable bonds is 3. The first-order valence-electron chi connectivity index (χ1n) is 5.08. The summed E-state index contributed by atoms with van der Waals surface area (Å²) in [6.45, 7) is 0.590. The Bertz CT molecular complexity index is 529. The fourth-order valence-corrected chi connectivity index (χ4v) is 2.23. The largest absolute Gasteiger partial charge is 0.380 e. The number of halogens is 3. The van der Waals surface area contributed by atoms with Crippen LogP contribution in [0.15, 0.2) is 51.4 Å². The van der Waals surface area contributed by atoms with E-state index in [0.29, 0.717) is 6.54 Å². The van der Waals surface area contributed by atoms with Gasteiger partial charge in [0.1, 0.15) is 5.82 Å². The molecule has 2 rings (SSSR count). The Labute approximate surface area is 116 Å². The number of hydrogen-bond donors (Lipinski definition) is 1. The van der Waals surface area contributed by atoms with Gasteiger partial charge in [0.05, 0.1) is 0 Å². The summed E-state index contributed by atoms with van der Waals surface area (Å²) < 4.78 is 15.0. The first kappa shape index (κ1) is 12.6. The lowest BCUT2D eigenvalue weighted by Gasteiger charge is -2.09. The van der Waals surface area contributed by atoms with E-state index in [1.807, 2.05) is 24.3 Å². The maximum atomic E-state index is 13.0. The second-order valence-electron chi connectivity index (χ2n) is 3.61. The highest BCUT2D eigenvalue weighted by molar-refractivity contribution is 9.11. The maximum absolute atomic E-state index is 13.0. The van der Waals surface area contributed by atoms with Crippen molar-refractivity contribution in [1.29, 1.82) is 0 Å². The molecule has 0 aliphatic heterocycles. The van der Waals surface area contributed by atoms with E-state index in [1.165, 1.54) is 12.1 Å². The highest BCUT2D eigenvalue weighted by atomic mass is 79.9. The molecule has 0 fully saturated rings. The zero-order valence-corrected chi connectivity index (χ0v) is 12.1. The predicted molar refractivity (Wildman–Crippen MR) is 75.6 cm³/mol. The smallest absolute Gasteiger partial charge is 0.123 e. The van der Waals surface area contributed by atoms with E-state index in [-0.39, 0.29) is 5.82 Å². The molecule has 0 aromatic heterocycles. The minimum absolute atomic E-state index is 0.211. The van der Waals surface area contributed by atoms with Gasteiger partial charge in [0.2, 0.25) is 0 Å². The topological polar surface area (TPSA) is 12.0 Å². The average Bonchev–Trinajstić information content (AvgIpc) is 2.30. The summed E-state index contributed by atoms with van der Waals surface area (Å²) in [6.07, 6.45) is 0. The van der Waals surface area contributed by atoms with Gasteiger partial charge in [-0.2, -0.15) is 0 Å². The second-order valence-corrected chi connectivity index (χ2v) is 5.38. The van der Waals surface area contributed by atoms with Crippen molar-refractivity contribution in [2.45, 2.75) is 6.54 Å². The van der Waals surface area contributed by atoms with Crippen molar-refractivity contribution < 1.29 is 4.39 Å². The number of hydrogen-bond acceptors (Lipinski definition) is 1. The van der Waals surface area contributed by atoms with Crippen molar-refractivity contribution >= 4 is 37.5 Å². The lowest BCUT2D eigenvalue weighted by Crippen LogP contribution is -2.00. The Morgan fingerprint density at radius 3 is 2.65 bits per heavy atom. The molecule has 0 amide bonds. The molecule has 0 aliphatic carbocycles. The van der Waals surface area contributed by atoms with E-state index in [2.05, 4.69) is 37.2 Å². The van der Waals surface area contributed by atoms with E-state index in [4.69, 9.17) is 0 Å². The third-order valence-electron chi connectivity index (χ3n) is 2.30. The molecule has 0 saturated carbocycles. The second kappa shape index (κ2) is 5.65. The minimum Gasteiger partial charge on any atom is -0.380 e. The molecule has 0 atom stereocenters. The van der Waals surface area contributed by atoms with Gasteiger partial charge >= 0.3 is 0 Å². The normalized spacial score (nSPS) is 10.3. The molecule has 0 saturated heterocycles. The minimum atomic E-state index is -0.211. The Balaban J connectivity index is 2.09. The van der Waals surface area contributed by atoms with Crippen LogP contribution < -0.4 is 5.32 Å². The van der Waals surface area contributed by atoms with Crippen molar-refractivity contribution in [1.82, 2.24) is 0 Å². The molecule has 2 aromatic rings. The number of anilines is 1. The number of nitrogens with one attached hydrogen (secondary N) is 1. The van der Waals surface area contributed by atoms with Crippen molar-refractivity contribution in [2.24, 2.45) is 0 Å². The van der Waals surface area contributed by atoms with Gasteiger partial charge in [-0.15, -0.1) is 0 Å². The van der Waals surface area contributed by atoms with Crippen molar-refractivity contribution in [3.05, 3.63) is 62.8 Å². The van der Waals surface area contributed by atoms with Gasteiger partial charge in [-0.25, -0.2) is 4.39 Å². The van der Waals surface area contributed by atoms with Crippen LogP contribution in [0.1, 0.15) is 5.56 Å². The first-order chi connectivity index (χ1) is 8.15. The third kappa shape index (κ3) is 3.54. The first-order valence-corrected chi connectivity index (χ1v) is 6.67. The fraction of sp³-hybridized carbons (Fsp3) is 0.0769. The summed E-state index contributed by atoms with van der Waals surface area (Å²) in [5.74, 6) is -0.211. The van der Waals surface area contributed by atoms with E-state index >= 15 is 0 Å². The van der Waals surface area contributed by atoms with Crippen LogP contribution >= 0.6 is 31.9 Å². The molecule has 0 heterocycles. The van der Waals surface area contributed by atoms with Gasteiger partial charge < -0.3 is 5.32 Å². The summed E-state index contributed by atoms with van der Waals surface area (Å²) in [4.78, 5) is 0. The lowest BCUT2D eigenvalue weighted by atomic mass is 10.2. The highest BCUT2D eigenvalue weighted by Gasteiger charge is 2.01. The lowest BCUT2D eigenvalue weighted by molar-refractivity contribution is 0.626. The van der Waals surface area contributed by atoms with Crippen molar-refractivity contribution in [3.63, 3.8) is 0 Å². The standard InChI is InChI=1S/C13H10Br2FN/c14-10-4-5-12(15)13(7-10)17-8-9-2-1-3-11(16)6-9/h1-7,17H,8H2. The van der Waals surface area contributed by atoms with Crippen LogP contribution in [0.5, 0.6) is 0 Å². The summed E-state index contributed by atoms with van der Waals surface area (Å²) in [6, 6.07) is 12.5. The maximum Gasteiger partial charge on any atom is 0.123 e. The van der Waals surface area contributed by atoms with E-state index < -0.39 is 0 Å². The molecular formula is C13H10Br2FN. The van der Waals surface area contributed by atoms with Gasteiger partial charge in [-0.3, -0.25) is 0 Å². The van der Waals surface area contributed by atoms with E-state index in [0.717, 1.165) is 20.2 Å². The summed E-state index contributed by atoms with van der Waals surface area (Å²) in [7, 11) is 0. The molecule has 2 aromatic carbocycles. The van der Waals surface area contributed by atoms with Gasteiger partial charge in [0.25, 0.3) is 0 Å². The van der Waals surface area contributed by atoms with Crippen LogP contribution in [0.2, 0.25) is 0 Å². The molecule has 0 radical (unpaired) electrons. The van der Waals surface area contributed by atoms with Crippen LogP contribution in [-0.2, 0) is 6.54 Å². The Kier molecular flexibility index (Phi) is 4.18. The Morgan fingerprint density at radius 2 is 1.88 bits per heavy atom. The number of benzene rings is 2. The van der Waals surface area contributed by atoms with Crippen LogP contribution in [0.3, 0.4) is 0 Å². The van der Waals surface area contributed by atoms with Gasteiger partial charge in [0.15, 0.2) is 0 Å². The van der Waals surface area contributed by atoms with Crippen LogP contribution in [0, 0.1) is 5.82 Å². The zero-order chi connectivity index (χ0) is 12.3. The fourth-order valence-electron chi connectivity index (χ4n) is 1.48. The molecule has 1 N–H and O–H groups in total. The van der Waals surface area contributed by atoms with Crippen LogP contribution in [-0.4, -0.2) is 0 Å². The summed E-state index contributed by atoms with van der Waals surface area (Å²) in [5.41, 5.74) is 1.89. The van der Waals surface area contributed by atoms with Gasteiger partial charge in [-0.05, 0) is 51.8 Å². The van der Waals surface area contributed by atoms with Gasteiger partial charge in [-0.1, -0.05) is 28.1 Å². The van der Waals surface area contributed by atoms with E-state index in [9.17, 15) is 4.39 Å². The summed E-state index contributed by atoms with van der Waals surface area (Å²) >= 11 is 6.87. The molecule has 0 bridgehead atoms. The summed E-state index contributed by atoms with van der Waals surface area (Å²) in [5, 5.41) is 3.25. The molecule has 17 heavy (non-hydrogen) atoms. The zero-order valence-electron chi connectivity index (χ0n) is 8.88. The monoisotopic (exact) mass is 357 g/mol. The average molecular weight is 359 g/mol. The highest BCUT2D eigenvalue weighted by Crippen LogP contribution is 2.26. The molecule has 0 aliphatic rings. The predicted octanol–water partition coefficient (Wildman–Crippen LogP) is 4.96. The Hall–Kier alpha value is -0.870. The van der Waals surface area contributed by atoms with Crippen molar-refractivity contribution in [2.75, 3.05) is 5.32 Å². The molecule has 88 valence electrons. The molecule has 4 heteroatoms.